The number of nitrogens with two attached hydrogens (primary N) is 1. The second kappa shape index (κ2) is 6.65. The number of phenolic OH excluding ortho intramolecular Hbond substituents is 1. The molecule has 2 aliphatic rings. The van der Waals surface area contributed by atoms with Gasteiger partial charge in [-0.05, 0) is 29.2 Å². The molecule has 0 saturated carbocycles. The van der Waals surface area contributed by atoms with Crippen molar-refractivity contribution in [2.75, 3.05) is 0 Å². The lowest BCUT2D eigenvalue weighted by Gasteiger charge is -2.34. The first-order valence-electron chi connectivity index (χ1n) is 8.76. The van der Waals surface area contributed by atoms with E-state index in [1.165, 1.54) is 0 Å². The second-order valence-electron chi connectivity index (χ2n) is 6.80. The molecule has 0 unspecified atom stereocenters. The quantitative estimate of drug-likeness (QED) is 0.855. The van der Waals surface area contributed by atoms with Crippen molar-refractivity contribution in [2.45, 2.75) is 24.7 Å². The van der Waals surface area contributed by atoms with Gasteiger partial charge in [-0.1, -0.05) is 42.5 Å². The molecule has 4 rings (SSSR count). The second-order valence-corrected chi connectivity index (χ2v) is 6.80. The molecule has 5 heteroatoms. The van der Waals surface area contributed by atoms with Crippen molar-refractivity contribution >= 4 is 5.78 Å². The molecule has 2 atom stereocenters. The summed E-state index contributed by atoms with van der Waals surface area (Å²) in [6.45, 7) is 0. The van der Waals surface area contributed by atoms with Gasteiger partial charge in [0.1, 0.15) is 23.2 Å². The zero-order valence-corrected chi connectivity index (χ0v) is 14.6. The van der Waals surface area contributed by atoms with Crippen molar-refractivity contribution in [1.29, 1.82) is 5.26 Å². The molecule has 2 aromatic rings. The maximum Gasteiger partial charge on any atom is 0.205 e. The van der Waals surface area contributed by atoms with Crippen LogP contribution in [-0.4, -0.2) is 10.9 Å². The van der Waals surface area contributed by atoms with Gasteiger partial charge in [0.15, 0.2) is 5.78 Å². The third-order valence-corrected chi connectivity index (χ3v) is 5.14. The summed E-state index contributed by atoms with van der Waals surface area (Å²) in [6, 6.07) is 18.5. The number of aromatic hydroxyl groups is 1. The molecule has 0 amide bonds. The average molecular weight is 358 g/mol. The van der Waals surface area contributed by atoms with Gasteiger partial charge in [-0.15, -0.1) is 0 Å². The smallest absolute Gasteiger partial charge is 0.205 e. The van der Waals surface area contributed by atoms with Gasteiger partial charge in [0.05, 0.1) is 5.92 Å². The highest BCUT2D eigenvalue weighted by Crippen LogP contribution is 2.46. The fraction of sp³-hybridized carbons (Fsp3) is 0.182. The number of allylic oxidation sites excluding steroid dienone is 3. The number of nitriles is 1. The third-order valence-electron chi connectivity index (χ3n) is 5.14. The molecule has 0 fully saturated rings. The van der Waals surface area contributed by atoms with Crippen molar-refractivity contribution in [1.82, 2.24) is 0 Å². The van der Waals surface area contributed by atoms with Crippen molar-refractivity contribution < 1.29 is 14.6 Å². The first-order valence-corrected chi connectivity index (χ1v) is 8.76. The molecule has 134 valence electrons. The largest absolute Gasteiger partial charge is 0.508 e. The van der Waals surface area contributed by atoms with E-state index in [0.717, 1.165) is 5.56 Å². The SMILES string of the molecule is N#CC1=C(N)OC2=C(C(=O)C[C@@H](c3ccccc3)C2)[C@@H]1c1cccc(O)c1. The molecular weight excluding hydrogens is 340 g/mol. The molecule has 2 aromatic carbocycles. The average Bonchev–Trinajstić information content (AvgIpc) is 2.67. The van der Waals surface area contributed by atoms with E-state index in [0.29, 0.717) is 29.7 Å². The lowest BCUT2D eigenvalue weighted by molar-refractivity contribution is -0.117. The van der Waals surface area contributed by atoms with Crippen molar-refractivity contribution in [2.24, 2.45) is 5.73 Å². The molecule has 3 N–H and O–H groups in total. The Labute approximate surface area is 157 Å². The minimum absolute atomic E-state index is 0.0127. The van der Waals surface area contributed by atoms with E-state index in [1.807, 2.05) is 30.3 Å². The Morgan fingerprint density at radius 1 is 1.07 bits per heavy atom. The number of carbonyl (C=O) groups is 1. The van der Waals surface area contributed by atoms with Gasteiger partial charge in [-0.2, -0.15) is 5.26 Å². The van der Waals surface area contributed by atoms with E-state index in [1.54, 1.807) is 24.3 Å². The summed E-state index contributed by atoms with van der Waals surface area (Å²) in [4.78, 5) is 13.1. The molecule has 0 spiro atoms. The first kappa shape index (κ1) is 16.9. The normalized spacial score (nSPS) is 22.1. The Kier molecular flexibility index (Phi) is 4.17. The molecule has 1 heterocycles. The summed E-state index contributed by atoms with van der Waals surface area (Å²) in [7, 11) is 0. The third kappa shape index (κ3) is 2.96. The number of phenols is 1. The Hall–Kier alpha value is -3.52. The molecule has 0 radical (unpaired) electrons. The highest BCUT2D eigenvalue weighted by Gasteiger charge is 2.40. The Bertz CT molecular complexity index is 1020. The number of Topliss-reactive ketones (excluding diaryl/α,β-unsaturated/α-hetero) is 1. The van der Waals surface area contributed by atoms with E-state index in [4.69, 9.17) is 10.5 Å². The maximum absolute atomic E-state index is 13.1. The lowest BCUT2D eigenvalue weighted by Crippen LogP contribution is -2.29. The fourth-order valence-corrected chi connectivity index (χ4v) is 3.91. The van der Waals surface area contributed by atoms with E-state index >= 15 is 0 Å². The van der Waals surface area contributed by atoms with Gasteiger partial charge in [-0.3, -0.25) is 4.79 Å². The van der Waals surface area contributed by atoms with Gasteiger partial charge in [0.25, 0.3) is 0 Å². The van der Waals surface area contributed by atoms with Crippen LogP contribution in [0.2, 0.25) is 0 Å². The summed E-state index contributed by atoms with van der Waals surface area (Å²) >= 11 is 0. The zero-order chi connectivity index (χ0) is 19.0. The lowest BCUT2D eigenvalue weighted by atomic mass is 9.73. The number of benzene rings is 2. The predicted molar refractivity (Wildman–Crippen MR) is 99.2 cm³/mol. The number of hydrogen-bond donors (Lipinski definition) is 2. The topological polar surface area (TPSA) is 96.3 Å². The first-order chi connectivity index (χ1) is 13.1. The van der Waals surface area contributed by atoms with Crippen LogP contribution in [0.3, 0.4) is 0 Å². The summed E-state index contributed by atoms with van der Waals surface area (Å²) in [6.07, 6.45) is 0.889. The molecular formula is C22H18N2O3. The summed E-state index contributed by atoms with van der Waals surface area (Å²) < 4.78 is 5.73. The van der Waals surface area contributed by atoms with Crippen LogP contribution in [0.4, 0.5) is 0 Å². The van der Waals surface area contributed by atoms with Crippen molar-refractivity contribution in [3.63, 3.8) is 0 Å². The molecule has 0 bridgehead atoms. The highest BCUT2D eigenvalue weighted by molar-refractivity contribution is 6.00. The van der Waals surface area contributed by atoms with E-state index in [-0.39, 0.29) is 28.9 Å². The fourth-order valence-electron chi connectivity index (χ4n) is 3.91. The van der Waals surface area contributed by atoms with Crippen molar-refractivity contribution in [3.8, 4) is 11.8 Å². The highest BCUT2D eigenvalue weighted by atomic mass is 16.5. The maximum atomic E-state index is 13.1. The Morgan fingerprint density at radius 2 is 1.81 bits per heavy atom. The van der Waals surface area contributed by atoms with E-state index < -0.39 is 5.92 Å². The molecule has 27 heavy (non-hydrogen) atoms. The number of carbonyl (C=O) groups excluding carboxylic acids is 1. The van der Waals surface area contributed by atoms with Crippen LogP contribution >= 0.6 is 0 Å². The standard InChI is InChI=1S/C22H18N2O3/c23-12-17-20(14-7-4-8-16(25)9-14)21-18(26)10-15(11-19(21)27-22(17)24)13-5-2-1-3-6-13/h1-9,15,20,25H,10-11,24H2/t15-,20-/m1/s1. The van der Waals surface area contributed by atoms with Gasteiger partial charge in [0.2, 0.25) is 5.88 Å². The molecule has 0 aromatic heterocycles. The number of nitrogens with zero attached hydrogens (tertiary/aromatic N) is 1. The summed E-state index contributed by atoms with van der Waals surface area (Å²) in [5.41, 5.74) is 8.41. The molecule has 5 nitrogen and oxygen atoms in total. The monoisotopic (exact) mass is 358 g/mol. The van der Waals surface area contributed by atoms with Crippen molar-refractivity contribution in [3.05, 3.63) is 88.5 Å². The van der Waals surface area contributed by atoms with Crippen LogP contribution < -0.4 is 5.73 Å². The number of ketones is 1. The van der Waals surface area contributed by atoms with Gasteiger partial charge >= 0.3 is 0 Å². The number of ether oxygens (including phenoxy) is 1. The molecule has 0 saturated heterocycles. The van der Waals surface area contributed by atoms with Crippen LogP contribution in [0, 0.1) is 11.3 Å². The minimum atomic E-state index is -0.616. The van der Waals surface area contributed by atoms with Crippen LogP contribution in [0.5, 0.6) is 5.75 Å². The zero-order valence-electron chi connectivity index (χ0n) is 14.6. The Balaban J connectivity index is 1.80. The minimum Gasteiger partial charge on any atom is -0.508 e. The van der Waals surface area contributed by atoms with Crippen LogP contribution in [-0.2, 0) is 9.53 Å². The Morgan fingerprint density at radius 3 is 2.52 bits per heavy atom. The predicted octanol–water partition coefficient (Wildman–Crippen LogP) is 3.60. The van der Waals surface area contributed by atoms with Crippen LogP contribution in [0.15, 0.2) is 77.4 Å². The molecule has 1 aliphatic carbocycles. The number of hydrogen-bond acceptors (Lipinski definition) is 5. The summed E-state index contributed by atoms with van der Waals surface area (Å²) in [5.74, 6) is -0.0500. The van der Waals surface area contributed by atoms with Gasteiger partial charge in [-0.25, -0.2) is 0 Å². The van der Waals surface area contributed by atoms with E-state index in [2.05, 4.69) is 6.07 Å². The van der Waals surface area contributed by atoms with Crippen LogP contribution in [0.1, 0.15) is 35.8 Å². The van der Waals surface area contributed by atoms with Gasteiger partial charge in [0, 0.05) is 18.4 Å². The van der Waals surface area contributed by atoms with E-state index in [9.17, 15) is 15.2 Å². The van der Waals surface area contributed by atoms with Crippen LogP contribution in [0.25, 0.3) is 0 Å². The summed E-state index contributed by atoms with van der Waals surface area (Å²) in [5, 5.41) is 19.5. The van der Waals surface area contributed by atoms with Gasteiger partial charge < -0.3 is 15.6 Å². The number of rotatable bonds is 2. The molecule has 1 aliphatic heterocycles.